The highest BCUT2D eigenvalue weighted by atomic mass is 32.1. The molecule has 0 atom stereocenters. The maximum absolute atomic E-state index is 12.0. The summed E-state index contributed by atoms with van der Waals surface area (Å²) in [6.45, 7) is 0.516. The van der Waals surface area contributed by atoms with Crippen molar-refractivity contribution in [3.8, 4) is 0 Å². The molecule has 1 N–H and O–H groups in total. The van der Waals surface area contributed by atoms with Crippen LogP contribution in [0.25, 0.3) is 0 Å². The summed E-state index contributed by atoms with van der Waals surface area (Å²) < 4.78 is 0. The van der Waals surface area contributed by atoms with Gasteiger partial charge in [-0.1, -0.05) is 30.3 Å². The Morgan fingerprint density at radius 1 is 1.37 bits per heavy atom. The quantitative estimate of drug-likeness (QED) is 0.906. The van der Waals surface area contributed by atoms with Gasteiger partial charge in [-0.05, 0) is 5.56 Å². The molecule has 1 aromatic heterocycles. The Morgan fingerprint density at radius 2 is 2.11 bits per heavy atom. The Hall–Kier alpha value is -1.72. The summed E-state index contributed by atoms with van der Waals surface area (Å²) in [5.41, 5.74) is 1.73. The van der Waals surface area contributed by atoms with Crippen molar-refractivity contribution in [2.45, 2.75) is 19.6 Å². The fourth-order valence-electron chi connectivity index (χ4n) is 1.71. The molecular formula is C14H16N2O2S. The lowest BCUT2D eigenvalue weighted by Gasteiger charge is -2.16. The fourth-order valence-corrected chi connectivity index (χ4v) is 2.49. The number of rotatable bonds is 5. The molecule has 0 fully saturated rings. The second-order valence-corrected chi connectivity index (χ2v) is 5.25. The Bertz CT molecular complexity index is 539. The van der Waals surface area contributed by atoms with Crippen LogP contribution in [0, 0.1) is 0 Å². The zero-order chi connectivity index (χ0) is 13.7. The molecule has 19 heavy (non-hydrogen) atoms. The number of thiazole rings is 1. The molecule has 2 aromatic rings. The molecule has 0 saturated carbocycles. The van der Waals surface area contributed by atoms with Gasteiger partial charge >= 0.3 is 0 Å². The molecule has 1 aromatic carbocycles. The topological polar surface area (TPSA) is 53.4 Å². The smallest absolute Gasteiger partial charge is 0.229 e. The number of likely N-dealkylation sites (N-methyl/N-ethyl adjacent to an activating group) is 1. The van der Waals surface area contributed by atoms with Crippen LogP contribution in [0.4, 0.5) is 0 Å². The first kappa shape index (κ1) is 13.7. The van der Waals surface area contributed by atoms with Crippen LogP contribution in [0.1, 0.15) is 16.3 Å². The molecule has 0 aliphatic heterocycles. The van der Waals surface area contributed by atoms with Gasteiger partial charge in [0.05, 0.1) is 18.7 Å². The third-order valence-corrected chi connectivity index (χ3v) is 3.65. The lowest BCUT2D eigenvalue weighted by Crippen LogP contribution is -2.27. The van der Waals surface area contributed by atoms with Crippen molar-refractivity contribution in [2.75, 3.05) is 7.05 Å². The van der Waals surface area contributed by atoms with Crippen molar-refractivity contribution in [3.63, 3.8) is 0 Å². The summed E-state index contributed by atoms with van der Waals surface area (Å²) in [6, 6.07) is 9.87. The maximum Gasteiger partial charge on any atom is 0.229 e. The van der Waals surface area contributed by atoms with Crippen LogP contribution in [0.15, 0.2) is 35.7 Å². The van der Waals surface area contributed by atoms with Gasteiger partial charge in [0.1, 0.15) is 5.01 Å². The number of carbonyl (C=O) groups excluding carboxylic acids is 1. The normalized spacial score (nSPS) is 10.4. The predicted octanol–water partition coefficient (Wildman–Crippen LogP) is 1.84. The van der Waals surface area contributed by atoms with Gasteiger partial charge < -0.3 is 10.0 Å². The molecule has 0 aliphatic carbocycles. The highest BCUT2D eigenvalue weighted by Crippen LogP contribution is 2.12. The first-order valence-electron chi connectivity index (χ1n) is 6.01. The lowest BCUT2D eigenvalue weighted by atomic mass is 10.2. The number of benzene rings is 1. The van der Waals surface area contributed by atoms with E-state index in [0.717, 1.165) is 10.6 Å². The van der Waals surface area contributed by atoms with Crippen molar-refractivity contribution in [3.05, 3.63) is 52.0 Å². The molecule has 5 heteroatoms. The van der Waals surface area contributed by atoms with Gasteiger partial charge in [0.25, 0.3) is 0 Å². The SMILES string of the molecule is CN(Cc1ccccc1)C(=O)Cc1nc(CO)cs1. The number of hydrogen-bond acceptors (Lipinski definition) is 4. The van der Waals surface area contributed by atoms with Gasteiger partial charge in [-0.25, -0.2) is 4.98 Å². The summed E-state index contributed by atoms with van der Waals surface area (Å²) in [7, 11) is 1.79. The second-order valence-electron chi connectivity index (χ2n) is 4.30. The standard InChI is InChI=1S/C14H16N2O2S/c1-16(8-11-5-3-2-4-6-11)14(18)7-13-15-12(9-17)10-19-13/h2-6,10,17H,7-9H2,1H3. The van der Waals surface area contributed by atoms with Crippen molar-refractivity contribution >= 4 is 17.2 Å². The zero-order valence-electron chi connectivity index (χ0n) is 10.7. The van der Waals surface area contributed by atoms with Crippen molar-refractivity contribution in [2.24, 2.45) is 0 Å². The summed E-state index contributed by atoms with van der Waals surface area (Å²) in [4.78, 5) is 17.9. The molecule has 1 amide bonds. The van der Waals surface area contributed by atoms with E-state index in [4.69, 9.17) is 5.11 Å². The van der Waals surface area contributed by atoms with E-state index in [9.17, 15) is 4.79 Å². The number of amides is 1. The van der Waals surface area contributed by atoms with Crippen molar-refractivity contribution < 1.29 is 9.90 Å². The fraction of sp³-hybridized carbons (Fsp3) is 0.286. The molecule has 0 spiro atoms. The van der Waals surface area contributed by atoms with Crippen LogP contribution in [-0.4, -0.2) is 27.9 Å². The highest BCUT2D eigenvalue weighted by Gasteiger charge is 2.12. The minimum Gasteiger partial charge on any atom is -0.390 e. The van der Waals surface area contributed by atoms with Gasteiger partial charge in [0.2, 0.25) is 5.91 Å². The number of aromatic nitrogens is 1. The van der Waals surface area contributed by atoms with E-state index >= 15 is 0 Å². The Labute approximate surface area is 116 Å². The maximum atomic E-state index is 12.0. The van der Waals surface area contributed by atoms with Crippen LogP contribution in [0.5, 0.6) is 0 Å². The van der Waals surface area contributed by atoms with E-state index in [1.807, 2.05) is 30.3 Å². The summed E-state index contributed by atoms with van der Waals surface area (Å²) in [5, 5.41) is 11.5. The molecule has 2 rings (SSSR count). The molecule has 0 unspecified atom stereocenters. The van der Waals surface area contributed by atoms with E-state index in [1.54, 1.807) is 17.3 Å². The largest absolute Gasteiger partial charge is 0.390 e. The van der Waals surface area contributed by atoms with Crippen LogP contribution >= 0.6 is 11.3 Å². The molecule has 0 radical (unpaired) electrons. The van der Waals surface area contributed by atoms with Crippen LogP contribution < -0.4 is 0 Å². The van der Waals surface area contributed by atoms with Crippen molar-refractivity contribution in [1.29, 1.82) is 0 Å². The second kappa shape index (κ2) is 6.45. The van der Waals surface area contributed by atoms with Crippen LogP contribution in [-0.2, 0) is 24.4 Å². The van der Waals surface area contributed by atoms with Crippen molar-refractivity contribution in [1.82, 2.24) is 9.88 Å². The van der Waals surface area contributed by atoms with Gasteiger partial charge in [-0.2, -0.15) is 0 Å². The first-order valence-corrected chi connectivity index (χ1v) is 6.89. The number of hydrogen-bond donors (Lipinski definition) is 1. The van der Waals surface area contributed by atoms with Crippen LogP contribution in [0.2, 0.25) is 0 Å². The molecule has 0 bridgehead atoms. The summed E-state index contributed by atoms with van der Waals surface area (Å²) in [5.74, 6) is 0.0303. The highest BCUT2D eigenvalue weighted by molar-refractivity contribution is 7.09. The zero-order valence-corrected chi connectivity index (χ0v) is 11.6. The minimum absolute atomic E-state index is 0.0303. The monoisotopic (exact) mass is 276 g/mol. The Morgan fingerprint density at radius 3 is 2.74 bits per heavy atom. The Kier molecular flexibility index (Phi) is 4.65. The molecule has 0 aliphatic rings. The summed E-state index contributed by atoms with van der Waals surface area (Å²) in [6.07, 6.45) is 0.286. The third kappa shape index (κ3) is 3.87. The number of aliphatic hydroxyl groups excluding tert-OH is 1. The van der Waals surface area contributed by atoms with E-state index < -0.39 is 0 Å². The number of aliphatic hydroxyl groups is 1. The van der Waals surface area contributed by atoms with E-state index in [0.29, 0.717) is 12.2 Å². The molecule has 0 saturated heterocycles. The van der Waals surface area contributed by atoms with Crippen LogP contribution in [0.3, 0.4) is 0 Å². The average Bonchev–Trinajstić information content (AvgIpc) is 2.87. The minimum atomic E-state index is -0.0788. The molecule has 4 nitrogen and oxygen atoms in total. The van der Waals surface area contributed by atoms with E-state index in [2.05, 4.69) is 4.98 Å². The first-order chi connectivity index (χ1) is 9.19. The average molecular weight is 276 g/mol. The lowest BCUT2D eigenvalue weighted by molar-refractivity contribution is -0.129. The number of nitrogens with zero attached hydrogens (tertiary/aromatic N) is 2. The van der Waals surface area contributed by atoms with E-state index in [1.165, 1.54) is 11.3 Å². The van der Waals surface area contributed by atoms with Gasteiger partial charge in [0.15, 0.2) is 0 Å². The molecular weight excluding hydrogens is 260 g/mol. The number of carbonyl (C=O) groups is 1. The van der Waals surface area contributed by atoms with Gasteiger partial charge in [-0.15, -0.1) is 11.3 Å². The van der Waals surface area contributed by atoms with E-state index in [-0.39, 0.29) is 18.9 Å². The Balaban J connectivity index is 1.92. The molecule has 100 valence electrons. The molecule has 1 heterocycles. The predicted molar refractivity (Wildman–Crippen MR) is 74.7 cm³/mol. The van der Waals surface area contributed by atoms with Gasteiger partial charge in [0, 0.05) is 19.0 Å². The van der Waals surface area contributed by atoms with Gasteiger partial charge in [-0.3, -0.25) is 4.79 Å². The summed E-state index contributed by atoms with van der Waals surface area (Å²) >= 11 is 1.41. The third-order valence-electron chi connectivity index (χ3n) is 2.75.